The maximum Gasteiger partial charge on any atom is 0.260 e. The van der Waals surface area contributed by atoms with E-state index in [0.29, 0.717) is 37.3 Å². The molecule has 0 unspecified atom stereocenters. The van der Waals surface area contributed by atoms with Crippen molar-refractivity contribution < 1.29 is 9.18 Å². The molecule has 4 rings (SSSR count). The summed E-state index contributed by atoms with van der Waals surface area (Å²) in [5, 5.41) is 5.80. The SMILES string of the molecule is CN(CC(=O)Nc1ccc(Cl)c(Cl)c1)Cc1nc2scc(-c3ccc(F)cc3)c2c(=O)[nH]1. The van der Waals surface area contributed by atoms with Crippen molar-refractivity contribution in [2.24, 2.45) is 0 Å². The minimum atomic E-state index is -0.339. The fourth-order valence-corrected chi connectivity index (χ4v) is 4.51. The van der Waals surface area contributed by atoms with Gasteiger partial charge in [-0.3, -0.25) is 14.5 Å². The van der Waals surface area contributed by atoms with Gasteiger partial charge < -0.3 is 10.3 Å². The van der Waals surface area contributed by atoms with Crippen molar-refractivity contribution in [1.82, 2.24) is 14.9 Å². The molecule has 0 fully saturated rings. The standard InChI is InChI=1S/C22H17Cl2FN4O2S/c1-29(10-19(30)26-14-6-7-16(23)17(24)8-14)9-18-27-21(31)20-15(11-32-22(20)28-18)12-2-4-13(25)5-3-12/h2-8,11H,9-10H2,1H3,(H,26,30)(H,27,28,31). The third-order valence-corrected chi connectivity index (χ3v) is 6.30. The van der Waals surface area contributed by atoms with E-state index in [1.165, 1.54) is 23.5 Å². The number of H-pyrrole nitrogens is 1. The Morgan fingerprint density at radius 3 is 2.66 bits per heavy atom. The molecule has 4 aromatic rings. The monoisotopic (exact) mass is 490 g/mol. The Kier molecular flexibility index (Phi) is 6.57. The van der Waals surface area contributed by atoms with Crippen LogP contribution in [0.3, 0.4) is 0 Å². The number of carbonyl (C=O) groups excluding carboxylic acids is 1. The molecule has 0 atom stereocenters. The second-order valence-electron chi connectivity index (χ2n) is 7.20. The summed E-state index contributed by atoms with van der Waals surface area (Å²) < 4.78 is 13.2. The summed E-state index contributed by atoms with van der Waals surface area (Å²) in [6.07, 6.45) is 0. The lowest BCUT2D eigenvalue weighted by atomic mass is 10.1. The van der Waals surface area contributed by atoms with E-state index in [2.05, 4.69) is 15.3 Å². The second kappa shape index (κ2) is 9.38. The van der Waals surface area contributed by atoms with Gasteiger partial charge in [0.25, 0.3) is 5.56 Å². The maximum absolute atomic E-state index is 13.2. The molecule has 0 aliphatic heterocycles. The molecule has 0 bridgehead atoms. The summed E-state index contributed by atoms with van der Waals surface area (Å²) in [5.41, 5.74) is 1.71. The predicted octanol–water partition coefficient (Wildman–Crippen LogP) is 5.17. The van der Waals surface area contributed by atoms with Gasteiger partial charge in [0.2, 0.25) is 5.91 Å². The van der Waals surface area contributed by atoms with Crippen LogP contribution in [0.4, 0.5) is 10.1 Å². The number of hydrogen-bond donors (Lipinski definition) is 2. The van der Waals surface area contributed by atoms with Crippen LogP contribution < -0.4 is 10.9 Å². The van der Waals surface area contributed by atoms with Gasteiger partial charge >= 0.3 is 0 Å². The van der Waals surface area contributed by atoms with E-state index in [-0.39, 0.29) is 30.4 Å². The van der Waals surface area contributed by atoms with E-state index in [1.54, 1.807) is 42.3 Å². The molecular formula is C22H17Cl2FN4O2S. The Bertz CT molecular complexity index is 1350. The van der Waals surface area contributed by atoms with Crippen molar-refractivity contribution in [2.45, 2.75) is 6.54 Å². The van der Waals surface area contributed by atoms with E-state index >= 15 is 0 Å². The number of fused-ring (bicyclic) bond motifs is 1. The van der Waals surface area contributed by atoms with E-state index in [9.17, 15) is 14.0 Å². The van der Waals surface area contributed by atoms with Crippen LogP contribution in [0.25, 0.3) is 21.3 Å². The molecular weight excluding hydrogens is 474 g/mol. The van der Waals surface area contributed by atoms with Crippen LogP contribution in [0.15, 0.2) is 52.6 Å². The number of halogens is 3. The Balaban J connectivity index is 1.47. The summed E-state index contributed by atoms with van der Waals surface area (Å²) in [6, 6.07) is 10.8. The first kappa shape index (κ1) is 22.4. The molecule has 32 heavy (non-hydrogen) atoms. The van der Waals surface area contributed by atoms with Gasteiger partial charge in [-0.05, 0) is 42.9 Å². The van der Waals surface area contributed by atoms with Crippen LogP contribution in [-0.2, 0) is 11.3 Å². The zero-order valence-corrected chi connectivity index (χ0v) is 19.1. The highest BCUT2D eigenvalue weighted by atomic mass is 35.5. The molecule has 10 heteroatoms. The van der Waals surface area contributed by atoms with Crippen LogP contribution >= 0.6 is 34.5 Å². The Morgan fingerprint density at radius 1 is 1.19 bits per heavy atom. The zero-order chi connectivity index (χ0) is 22.8. The topological polar surface area (TPSA) is 78.1 Å². The second-order valence-corrected chi connectivity index (χ2v) is 8.87. The molecule has 0 saturated carbocycles. The van der Waals surface area contributed by atoms with Gasteiger partial charge in [-0.15, -0.1) is 11.3 Å². The van der Waals surface area contributed by atoms with E-state index in [4.69, 9.17) is 23.2 Å². The molecule has 2 aromatic heterocycles. The van der Waals surface area contributed by atoms with E-state index < -0.39 is 0 Å². The quantitative estimate of drug-likeness (QED) is 0.390. The molecule has 0 radical (unpaired) electrons. The number of amides is 1. The number of hydrogen-bond acceptors (Lipinski definition) is 5. The molecule has 2 heterocycles. The van der Waals surface area contributed by atoms with Gasteiger partial charge in [-0.1, -0.05) is 35.3 Å². The maximum atomic E-state index is 13.2. The van der Waals surface area contributed by atoms with E-state index in [0.717, 1.165) is 5.56 Å². The lowest BCUT2D eigenvalue weighted by molar-refractivity contribution is -0.117. The van der Waals surface area contributed by atoms with Crippen LogP contribution in [0.2, 0.25) is 10.0 Å². The number of benzene rings is 2. The normalized spacial score (nSPS) is 11.3. The summed E-state index contributed by atoms with van der Waals surface area (Å²) in [6.45, 7) is 0.344. The minimum Gasteiger partial charge on any atom is -0.325 e. The third-order valence-electron chi connectivity index (χ3n) is 4.68. The number of likely N-dealkylation sites (N-methyl/N-ethyl adjacent to an activating group) is 1. The average molecular weight is 491 g/mol. The van der Waals surface area contributed by atoms with Crippen molar-refractivity contribution in [3.63, 3.8) is 0 Å². The molecule has 6 nitrogen and oxygen atoms in total. The summed E-state index contributed by atoms with van der Waals surface area (Å²) >= 11 is 13.2. The van der Waals surface area contributed by atoms with Crippen molar-refractivity contribution in [1.29, 1.82) is 0 Å². The van der Waals surface area contributed by atoms with Gasteiger partial charge in [0.15, 0.2) is 0 Å². The minimum absolute atomic E-state index is 0.0766. The van der Waals surface area contributed by atoms with Gasteiger partial charge in [0.1, 0.15) is 16.5 Å². The molecule has 2 aromatic carbocycles. The number of rotatable bonds is 6. The molecule has 0 saturated heterocycles. The smallest absolute Gasteiger partial charge is 0.260 e. The fraction of sp³-hybridized carbons (Fsp3) is 0.136. The van der Waals surface area contributed by atoms with Crippen molar-refractivity contribution in [2.75, 3.05) is 18.9 Å². The third kappa shape index (κ3) is 4.99. The number of nitrogens with one attached hydrogen (secondary N) is 2. The number of anilines is 1. The number of aromatic nitrogens is 2. The largest absolute Gasteiger partial charge is 0.325 e. The number of carbonyl (C=O) groups is 1. The zero-order valence-electron chi connectivity index (χ0n) is 16.8. The molecule has 1 amide bonds. The average Bonchev–Trinajstić information content (AvgIpc) is 3.15. The first-order valence-corrected chi connectivity index (χ1v) is 11.1. The van der Waals surface area contributed by atoms with Crippen LogP contribution in [0.1, 0.15) is 5.82 Å². The number of thiophene rings is 1. The predicted molar refractivity (Wildman–Crippen MR) is 127 cm³/mol. The lowest BCUT2D eigenvalue weighted by Gasteiger charge is -2.16. The van der Waals surface area contributed by atoms with Gasteiger partial charge in [-0.2, -0.15) is 0 Å². The van der Waals surface area contributed by atoms with Crippen LogP contribution in [0, 0.1) is 5.82 Å². The lowest BCUT2D eigenvalue weighted by Crippen LogP contribution is -2.31. The molecule has 2 N–H and O–H groups in total. The van der Waals surface area contributed by atoms with Gasteiger partial charge in [-0.25, -0.2) is 9.37 Å². The Morgan fingerprint density at radius 2 is 1.94 bits per heavy atom. The summed E-state index contributed by atoms with van der Waals surface area (Å²) in [5.74, 6) is -0.141. The summed E-state index contributed by atoms with van der Waals surface area (Å²) in [7, 11) is 1.75. The highest BCUT2D eigenvalue weighted by Gasteiger charge is 2.15. The first-order valence-electron chi connectivity index (χ1n) is 9.50. The van der Waals surface area contributed by atoms with Gasteiger partial charge in [0, 0.05) is 16.6 Å². The van der Waals surface area contributed by atoms with Crippen LogP contribution in [0.5, 0.6) is 0 Å². The Hall–Kier alpha value is -2.78. The van der Waals surface area contributed by atoms with Crippen molar-refractivity contribution >= 4 is 56.3 Å². The molecule has 0 aliphatic rings. The highest BCUT2D eigenvalue weighted by Crippen LogP contribution is 2.31. The molecule has 0 spiro atoms. The summed E-state index contributed by atoms with van der Waals surface area (Å²) in [4.78, 5) is 34.7. The fourth-order valence-electron chi connectivity index (χ4n) is 3.24. The van der Waals surface area contributed by atoms with Gasteiger partial charge in [0.05, 0.1) is 28.5 Å². The Labute approximate surface area is 196 Å². The molecule has 0 aliphatic carbocycles. The number of nitrogens with zero attached hydrogens (tertiary/aromatic N) is 2. The number of aromatic amines is 1. The molecule has 164 valence electrons. The van der Waals surface area contributed by atoms with E-state index in [1.807, 2.05) is 5.38 Å². The van der Waals surface area contributed by atoms with Crippen molar-refractivity contribution in [3.05, 3.63) is 79.9 Å². The van der Waals surface area contributed by atoms with Crippen LogP contribution in [-0.4, -0.2) is 34.4 Å². The highest BCUT2D eigenvalue weighted by molar-refractivity contribution is 7.17. The first-order chi connectivity index (χ1) is 15.3. The van der Waals surface area contributed by atoms with Crippen molar-refractivity contribution in [3.8, 4) is 11.1 Å².